The molecule has 0 radical (unpaired) electrons. The molecule has 2 heterocycles. The van der Waals surface area contributed by atoms with Crippen molar-refractivity contribution in [1.29, 1.82) is 0 Å². The molecule has 0 bridgehead atoms. The minimum absolute atomic E-state index is 0.220. The van der Waals surface area contributed by atoms with Crippen LogP contribution in [0.1, 0.15) is 20.3 Å². The number of carbonyl (C=O) groups excluding carboxylic acids is 2. The minimum atomic E-state index is -3.90. The zero-order chi connectivity index (χ0) is 14.6. The third kappa shape index (κ3) is 1.64. The molecule has 2 aliphatic heterocycles. The summed E-state index contributed by atoms with van der Waals surface area (Å²) in [7, 11) is -3.90. The molecular weight excluding hydrogens is 278 g/mol. The van der Waals surface area contributed by atoms with Gasteiger partial charge in [0.05, 0.1) is 6.42 Å². The first-order valence-electron chi connectivity index (χ1n) is 5.53. The second kappa shape index (κ2) is 3.92. The Kier molecular flexibility index (Phi) is 2.85. The highest BCUT2D eigenvalue weighted by Crippen LogP contribution is 2.46. The molecular formula is C10H13NO7S. The molecule has 0 aromatic heterocycles. The van der Waals surface area contributed by atoms with E-state index in [-0.39, 0.29) is 6.42 Å². The van der Waals surface area contributed by atoms with E-state index >= 15 is 0 Å². The normalized spacial score (nSPS) is 35.5. The smallest absolute Gasteiger partial charge is 0.328 e. The molecule has 2 rings (SSSR count). The van der Waals surface area contributed by atoms with Crippen LogP contribution < -0.4 is 0 Å². The largest absolute Gasteiger partial charge is 0.480 e. The van der Waals surface area contributed by atoms with Crippen LogP contribution in [0.5, 0.6) is 0 Å². The molecule has 2 aliphatic rings. The molecule has 9 heteroatoms. The van der Waals surface area contributed by atoms with Gasteiger partial charge in [0.1, 0.15) is 16.7 Å². The Morgan fingerprint density at radius 3 is 2.53 bits per heavy atom. The van der Waals surface area contributed by atoms with Crippen molar-refractivity contribution in [2.24, 2.45) is 0 Å². The monoisotopic (exact) mass is 291 g/mol. The third-order valence-corrected chi connectivity index (χ3v) is 6.36. The van der Waals surface area contributed by atoms with Gasteiger partial charge in [0.15, 0.2) is 15.9 Å². The summed E-state index contributed by atoms with van der Waals surface area (Å²) in [6.45, 7) is 1.71. The van der Waals surface area contributed by atoms with Gasteiger partial charge in [0.2, 0.25) is 5.91 Å². The van der Waals surface area contributed by atoms with Gasteiger partial charge in [-0.1, -0.05) is 0 Å². The van der Waals surface area contributed by atoms with Crippen LogP contribution in [0.25, 0.3) is 0 Å². The van der Waals surface area contributed by atoms with E-state index in [9.17, 15) is 27.9 Å². The number of rotatable bonds is 3. The van der Waals surface area contributed by atoms with Crippen molar-refractivity contribution in [3.8, 4) is 0 Å². The number of esters is 1. The van der Waals surface area contributed by atoms with Crippen LogP contribution in [0.15, 0.2) is 0 Å². The summed E-state index contributed by atoms with van der Waals surface area (Å²) in [5.41, 5.74) is 0. The van der Waals surface area contributed by atoms with E-state index in [1.54, 1.807) is 0 Å². The molecule has 0 aromatic carbocycles. The fourth-order valence-corrected chi connectivity index (χ4v) is 4.79. The zero-order valence-electron chi connectivity index (χ0n) is 10.3. The van der Waals surface area contributed by atoms with Gasteiger partial charge >= 0.3 is 11.9 Å². The van der Waals surface area contributed by atoms with Crippen LogP contribution >= 0.6 is 0 Å². The number of ether oxygens (including phenoxy) is 1. The molecule has 0 saturated carbocycles. The zero-order valence-corrected chi connectivity index (χ0v) is 11.1. The van der Waals surface area contributed by atoms with Crippen LogP contribution in [-0.4, -0.2) is 59.0 Å². The Hall–Kier alpha value is -1.64. The van der Waals surface area contributed by atoms with Gasteiger partial charge in [0, 0.05) is 6.92 Å². The number of β-lactam (4-membered cyclic amide) rings is 1. The number of amides is 1. The highest BCUT2D eigenvalue weighted by molar-refractivity contribution is 7.94. The first kappa shape index (κ1) is 13.8. The fraction of sp³-hybridized carbons (Fsp3) is 0.700. The van der Waals surface area contributed by atoms with Crippen molar-refractivity contribution < 1.29 is 32.6 Å². The molecule has 0 aliphatic carbocycles. The summed E-state index contributed by atoms with van der Waals surface area (Å²) in [6, 6.07) is -1.52. The highest BCUT2D eigenvalue weighted by atomic mass is 32.2. The predicted molar refractivity (Wildman–Crippen MR) is 60.6 cm³/mol. The van der Waals surface area contributed by atoms with E-state index in [4.69, 9.17) is 0 Å². The average molecular weight is 291 g/mol. The van der Waals surface area contributed by atoms with Gasteiger partial charge < -0.3 is 14.7 Å². The molecule has 0 unspecified atom stereocenters. The standard InChI is InChI=1S/C10H13NO7S/c1-5(12)18-4-10(2)8(9(14)15)11-6(13)3-7(11)19(10,16)17/h7-8H,3-4H2,1-2H3,(H,14,15)/t7-,8+,10+/m1/s1. The van der Waals surface area contributed by atoms with Crippen molar-refractivity contribution in [1.82, 2.24) is 4.90 Å². The number of sulfone groups is 1. The molecule has 106 valence electrons. The number of carboxylic acids is 1. The van der Waals surface area contributed by atoms with E-state index in [0.29, 0.717) is 0 Å². The first-order valence-corrected chi connectivity index (χ1v) is 7.08. The summed E-state index contributed by atoms with van der Waals surface area (Å²) < 4.78 is 27.5. The second-order valence-corrected chi connectivity index (χ2v) is 7.41. The van der Waals surface area contributed by atoms with Crippen LogP contribution in [0.3, 0.4) is 0 Å². The van der Waals surface area contributed by atoms with Gasteiger partial charge in [0.25, 0.3) is 0 Å². The first-order chi connectivity index (χ1) is 8.63. The topological polar surface area (TPSA) is 118 Å². The van der Waals surface area contributed by atoms with Crippen molar-refractivity contribution in [3.63, 3.8) is 0 Å². The number of carboxylic acid groups (broad SMARTS) is 1. The number of aliphatic carboxylic acids is 1. The van der Waals surface area contributed by atoms with Gasteiger partial charge in [-0.05, 0) is 6.92 Å². The van der Waals surface area contributed by atoms with E-state index in [2.05, 4.69) is 4.74 Å². The van der Waals surface area contributed by atoms with Crippen molar-refractivity contribution in [3.05, 3.63) is 0 Å². The molecule has 2 fully saturated rings. The maximum absolute atomic E-state index is 12.3. The Labute approximate surface area is 109 Å². The van der Waals surface area contributed by atoms with Gasteiger partial charge in [-0.2, -0.15) is 0 Å². The lowest BCUT2D eigenvalue weighted by atomic mass is 9.97. The number of carbonyl (C=O) groups is 3. The molecule has 3 atom stereocenters. The van der Waals surface area contributed by atoms with Crippen molar-refractivity contribution >= 4 is 27.7 Å². The molecule has 1 amide bonds. The molecule has 8 nitrogen and oxygen atoms in total. The molecule has 2 saturated heterocycles. The minimum Gasteiger partial charge on any atom is -0.480 e. The average Bonchev–Trinajstić information content (AvgIpc) is 2.41. The van der Waals surface area contributed by atoms with Crippen LogP contribution in [0.4, 0.5) is 0 Å². The van der Waals surface area contributed by atoms with Gasteiger partial charge in [-0.15, -0.1) is 0 Å². The SMILES string of the molecule is CC(=O)OC[C@@]1(C)[C@H](C(=O)O)N2C(=O)C[C@H]2S1(=O)=O. The maximum Gasteiger partial charge on any atom is 0.328 e. The summed E-state index contributed by atoms with van der Waals surface area (Å²) in [5, 5.41) is 8.06. The molecule has 1 N–H and O–H groups in total. The van der Waals surface area contributed by atoms with E-state index < -0.39 is 50.5 Å². The molecule has 0 spiro atoms. The predicted octanol–water partition coefficient (Wildman–Crippen LogP) is -1.25. The van der Waals surface area contributed by atoms with Crippen LogP contribution in [-0.2, 0) is 29.0 Å². The summed E-state index contributed by atoms with van der Waals surface area (Å²) in [6.07, 6.45) is -0.220. The van der Waals surface area contributed by atoms with E-state index in [1.807, 2.05) is 0 Å². The molecule has 0 aromatic rings. The Morgan fingerprint density at radius 1 is 1.53 bits per heavy atom. The number of hydrogen-bond donors (Lipinski definition) is 1. The van der Waals surface area contributed by atoms with Gasteiger partial charge in [-0.25, -0.2) is 13.2 Å². The highest BCUT2D eigenvalue weighted by Gasteiger charge is 2.70. The fourth-order valence-electron chi connectivity index (χ4n) is 2.52. The van der Waals surface area contributed by atoms with E-state index in [1.165, 1.54) is 6.92 Å². The van der Waals surface area contributed by atoms with Crippen LogP contribution in [0, 0.1) is 0 Å². The summed E-state index contributed by atoms with van der Waals surface area (Å²) in [5.74, 6) is -2.65. The number of hydrogen-bond acceptors (Lipinski definition) is 6. The molecule has 19 heavy (non-hydrogen) atoms. The summed E-state index contributed by atoms with van der Waals surface area (Å²) >= 11 is 0. The van der Waals surface area contributed by atoms with Gasteiger partial charge in [-0.3, -0.25) is 9.59 Å². The Morgan fingerprint density at radius 2 is 2.11 bits per heavy atom. The maximum atomic E-state index is 12.3. The van der Waals surface area contributed by atoms with Crippen molar-refractivity contribution in [2.45, 2.75) is 36.4 Å². The van der Waals surface area contributed by atoms with Crippen LogP contribution in [0.2, 0.25) is 0 Å². The second-order valence-electron chi connectivity index (χ2n) is 4.84. The number of nitrogens with zero attached hydrogens (tertiary/aromatic N) is 1. The Bertz CT molecular complexity index is 568. The lowest BCUT2D eigenvalue weighted by Gasteiger charge is -2.35. The summed E-state index contributed by atoms with van der Waals surface area (Å²) in [4.78, 5) is 34.4. The quantitative estimate of drug-likeness (QED) is 0.509. The third-order valence-electron chi connectivity index (χ3n) is 3.61. The Balaban J connectivity index is 2.45. The lowest BCUT2D eigenvalue weighted by Crippen LogP contribution is -2.58. The van der Waals surface area contributed by atoms with Crippen molar-refractivity contribution in [2.75, 3.05) is 6.61 Å². The van der Waals surface area contributed by atoms with E-state index in [0.717, 1.165) is 11.8 Å². The number of fused-ring (bicyclic) bond motifs is 1. The lowest BCUT2D eigenvalue weighted by molar-refractivity contribution is -0.159.